The maximum Gasteiger partial charge on any atom is 0.241 e. The molecule has 0 aliphatic rings. The molecule has 0 aromatic heterocycles. The summed E-state index contributed by atoms with van der Waals surface area (Å²) in [4.78, 5) is 0.256. The number of benzene rings is 1. The second kappa shape index (κ2) is 6.31. The van der Waals surface area contributed by atoms with Crippen LogP contribution in [0.15, 0.2) is 29.2 Å². The van der Waals surface area contributed by atoms with Crippen LogP contribution in [-0.2, 0) is 16.4 Å². The van der Waals surface area contributed by atoms with E-state index in [0.29, 0.717) is 18.4 Å². The Kier molecular flexibility index (Phi) is 5.31. The van der Waals surface area contributed by atoms with Crippen LogP contribution >= 0.6 is 0 Å². The molecule has 0 aliphatic heterocycles. The number of nitrogens with one attached hydrogen (secondary N) is 1. The topological polar surface area (TPSA) is 66.4 Å². The van der Waals surface area contributed by atoms with Crippen LogP contribution in [0.5, 0.6) is 0 Å². The van der Waals surface area contributed by atoms with E-state index in [1.807, 2.05) is 6.92 Å². The van der Waals surface area contributed by atoms with Crippen molar-refractivity contribution in [3.05, 3.63) is 29.8 Å². The predicted molar refractivity (Wildman–Crippen MR) is 71.9 cm³/mol. The Morgan fingerprint density at radius 1 is 1.28 bits per heavy atom. The van der Waals surface area contributed by atoms with E-state index < -0.39 is 16.1 Å². The number of hydrogen-bond acceptors (Lipinski definition) is 3. The standard InChI is InChI=1S/C13H21NO3S/c1-4-12(15)9-11-7-5-6-8-13(11)18(16,17)14-10(2)3/h5-8,10,12,14-15H,4,9H2,1-3H3. The SMILES string of the molecule is CCC(O)Cc1ccccc1S(=O)(=O)NC(C)C. The van der Waals surface area contributed by atoms with Crippen molar-refractivity contribution in [3.63, 3.8) is 0 Å². The van der Waals surface area contributed by atoms with Gasteiger partial charge in [-0.2, -0.15) is 0 Å². The number of hydrogen-bond donors (Lipinski definition) is 2. The molecule has 1 rings (SSSR count). The molecule has 0 bridgehead atoms. The summed E-state index contributed by atoms with van der Waals surface area (Å²) >= 11 is 0. The predicted octanol–water partition coefficient (Wildman–Crippen LogP) is 1.69. The van der Waals surface area contributed by atoms with Gasteiger partial charge in [-0.3, -0.25) is 0 Å². The van der Waals surface area contributed by atoms with Crippen molar-refractivity contribution in [1.82, 2.24) is 4.72 Å². The van der Waals surface area contributed by atoms with Gasteiger partial charge in [0.15, 0.2) is 0 Å². The maximum atomic E-state index is 12.1. The zero-order valence-electron chi connectivity index (χ0n) is 11.1. The molecule has 18 heavy (non-hydrogen) atoms. The second-order valence-corrected chi connectivity index (χ2v) is 6.33. The molecule has 1 unspecified atom stereocenters. The fourth-order valence-corrected chi connectivity index (χ4v) is 3.21. The summed E-state index contributed by atoms with van der Waals surface area (Å²) in [5.74, 6) is 0. The molecular formula is C13H21NO3S. The van der Waals surface area contributed by atoms with E-state index >= 15 is 0 Å². The third-order valence-electron chi connectivity index (χ3n) is 2.58. The first-order valence-corrected chi connectivity index (χ1v) is 7.63. The summed E-state index contributed by atoms with van der Waals surface area (Å²) in [5.41, 5.74) is 0.653. The lowest BCUT2D eigenvalue weighted by atomic mass is 10.1. The lowest BCUT2D eigenvalue weighted by Gasteiger charge is -2.15. The monoisotopic (exact) mass is 271 g/mol. The molecule has 0 aliphatic carbocycles. The summed E-state index contributed by atoms with van der Waals surface area (Å²) in [6.45, 7) is 5.43. The molecule has 0 fully saturated rings. The molecule has 1 atom stereocenters. The van der Waals surface area contributed by atoms with Gasteiger partial charge >= 0.3 is 0 Å². The quantitative estimate of drug-likeness (QED) is 0.827. The fraction of sp³-hybridized carbons (Fsp3) is 0.538. The van der Waals surface area contributed by atoms with Crippen molar-refractivity contribution in [2.45, 2.75) is 50.7 Å². The van der Waals surface area contributed by atoms with E-state index in [1.165, 1.54) is 0 Å². The fourth-order valence-electron chi connectivity index (χ4n) is 1.71. The Balaban J connectivity index is 3.09. The first-order valence-electron chi connectivity index (χ1n) is 6.15. The zero-order chi connectivity index (χ0) is 13.8. The smallest absolute Gasteiger partial charge is 0.241 e. The molecule has 4 nitrogen and oxygen atoms in total. The first kappa shape index (κ1) is 15.1. The van der Waals surface area contributed by atoms with Crippen molar-refractivity contribution < 1.29 is 13.5 Å². The minimum Gasteiger partial charge on any atom is -0.393 e. The van der Waals surface area contributed by atoms with Gasteiger partial charge in [0, 0.05) is 6.04 Å². The normalized spacial score (nSPS) is 13.8. The Bertz CT molecular complexity index is 483. The van der Waals surface area contributed by atoms with Crippen molar-refractivity contribution in [1.29, 1.82) is 0 Å². The third kappa shape index (κ3) is 4.08. The second-order valence-electron chi connectivity index (χ2n) is 4.65. The molecule has 0 saturated heterocycles. The van der Waals surface area contributed by atoms with Crippen molar-refractivity contribution in [2.75, 3.05) is 0 Å². The van der Waals surface area contributed by atoms with Gasteiger partial charge in [0.2, 0.25) is 10.0 Å². The van der Waals surface area contributed by atoms with Gasteiger partial charge in [0.05, 0.1) is 11.0 Å². The summed E-state index contributed by atoms with van der Waals surface area (Å²) in [6, 6.07) is 6.64. The molecular weight excluding hydrogens is 250 g/mol. The lowest BCUT2D eigenvalue weighted by Crippen LogP contribution is -2.31. The first-order chi connectivity index (χ1) is 8.36. The average Bonchev–Trinajstić information content (AvgIpc) is 2.27. The van der Waals surface area contributed by atoms with Gasteiger partial charge in [-0.15, -0.1) is 0 Å². The number of sulfonamides is 1. The van der Waals surface area contributed by atoms with E-state index in [9.17, 15) is 13.5 Å². The minimum absolute atomic E-state index is 0.154. The Morgan fingerprint density at radius 2 is 1.89 bits per heavy atom. The average molecular weight is 271 g/mol. The van der Waals surface area contributed by atoms with Crippen molar-refractivity contribution in [3.8, 4) is 0 Å². The molecule has 0 amide bonds. The highest BCUT2D eigenvalue weighted by Gasteiger charge is 2.19. The van der Waals surface area contributed by atoms with Gasteiger partial charge in [-0.25, -0.2) is 13.1 Å². The number of rotatable bonds is 6. The number of aliphatic hydroxyl groups excluding tert-OH is 1. The van der Waals surface area contributed by atoms with E-state index in [1.54, 1.807) is 38.1 Å². The Labute approximate surface area is 109 Å². The van der Waals surface area contributed by atoms with Crippen LogP contribution in [0.2, 0.25) is 0 Å². The highest BCUT2D eigenvalue weighted by molar-refractivity contribution is 7.89. The van der Waals surface area contributed by atoms with E-state index in [-0.39, 0.29) is 10.9 Å². The summed E-state index contributed by atoms with van der Waals surface area (Å²) in [7, 11) is -3.51. The highest BCUT2D eigenvalue weighted by atomic mass is 32.2. The lowest BCUT2D eigenvalue weighted by molar-refractivity contribution is 0.170. The molecule has 5 heteroatoms. The molecule has 0 heterocycles. The van der Waals surface area contributed by atoms with Crippen LogP contribution in [0.1, 0.15) is 32.8 Å². The number of aliphatic hydroxyl groups is 1. The van der Waals surface area contributed by atoms with Gasteiger partial charge in [0.1, 0.15) is 0 Å². The summed E-state index contributed by atoms with van der Waals surface area (Å²) < 4.78 is 26.8. The van der Waals surface area contributed by atoms with Gasteiger partial charge in [-0.1, -0.05) is 25.1 Å². The van der Waals surface area contributed by atoms with Crippen LogP contribution < -0.4 is 4.72 Å². The van der Waals surface area contributed by atoms with Crippen LogP contribution in [0.4, 0.5) is 0 Å². The summed E-state index contributed by atoms with van der Waals surface area (Å²) in [6.07, 6.45) is 0.443. The highest BCUT2D eigenvalue weighted by Crippen LogP contribution is 2.18. The molecule has 0 radical (unpaired) electrons. The maximum absolute atomic E-state index is 12.1. The molecule has 0 spiro atoms. The van der Waals surface area contributed by atoms with Crippen LogP contribution in [0, 0.1) is 0 Å². The Hall–Kier alpha value is -0.910. The van der Waals surface area contributed by atoms with E-state index in [0.717, 1.165) is 0 Å². The van der Waals surface area contributed by atoms with Gasteiger partial charge in [-0.05, 0) is 38.3 Å². The van der Waals surface area contributed by atoms with Crippen molar-refractivity contribution in [2.24, 2.45) is 0 Å². The van der Waals surface area contributed by atoms with Gasteiger partial charge in [0.25, 0.3) is 0 Å². The molecule has 2 N–H and O–H groups in total. The van der Waals surface area contributed by atoms with Crippen LogP contribution in [0.3, 0.4) is 0 Å². The largest absolute Gasteiger partial charge is 0.393 e. The minimum atomic E-state index is -3.51. The zero-order valence-corrected chi connectivity index (χ0v) is 11.9. The molecule has 102 valence electrons. The molecule has 0 saturated carbocycles. The van der Waals surface area contributed by atoms with E-state index in [2.05, 4.69) is 4.72 Å². The van der Waals surface area contributed by atoms with Gasteiger partial charge < -0.3 is 5.11 Å². The molecule has 1 aromatic carbocycles. The van der Waals surface area contributed by atoms with E-state index in [4.69, 9.17) is 0 Å². The molecule has 1 aromatic rings. The Morgan fingerprint density at radius 3 is 2.44 bits per heavy atom. The summed E-state index contributed by atoms with van der Waals surface area (Å²) in [5, 5.41) is 9.67. The van der Waals surface area contributed by atoms with Crippen LogP contribution in [-0.4, -0.2) is 25.7 Å². The van der Waals surface area contributed by atoms with Crippen molar-refractivity contribution >= 4 is 10.0 Å². The van der Waals surface area contributed by atoms with Crippen LogP contribution in [0.25, 0.3) is 0 Å². The third-order valence-corrected chi connectivity index (χ3v) is 4.34.